The Hall–Kier alpha value is -0.540. The monoisotopic (exact) mass is 311 g/mol. The highest BCUT2D eigenvalue weighted by atomic mass is 35.5. The second-order valence-corrected chi connectivity index (χ2v) is 6.96. The maximum atomic E-state index is 6.49. The summed E-state index contributed by atoms with van der Waals surface area (Å²) in [4.78, 5) is 0. The maximum absolute atomic E-state index is 6.49. The van der Waals surface area contributed by atoms with Crippen molar-refractivity contribution in [2.75, 3.05) is 6.54 Å². The third-order valence-corrected chi connectivity index (χ3v) is 4.91. The van der Waals surface area contributed by atoms with Crippen LogP contribution in [0.2, 0.25) is 5.02 Å². The molecule has 0 bridgehead atoms. The zero-order chi connectivity index (χ0) is 15.2. The lowest BCUT2D eigenvalue weighted by molar-refractivity contribution is 0.276. The highest BCUT2D eigenvalue weighted by molar-refractivity contribution is 6.31. The van der Waals surface area contributed by atoms with Gasteiger partial charge in [-0.05, 0) is 39.2 Å². The Bertz CT molecular complexity index is 420. The molecule has 1 atom stereocenters. The average Bonchev–Trinajstić information content (AvgIpc) is 2.78. The number of hydrogen-bond donors (Lipinski definition) is 1. The predicted molar refractivity (Wildman–Crippen MR) is 89.8 cm³/mol. The van der Waals surface area contributed by atoms with Crippen LogP contribution >= 0.6 is 11.6 Å². The largest absolute Gasteiger partial charge is 0.309 e. The number of hydrogen-bond acceptors (Lipinski definition) is 2. The molecule has 120 valence electrons. The minimum absolute atomic E-state index is 0.338. The van der Waals surface area contributed by atoms with E-state index in [1.165, 1.54) is 50.6 Å². The molecule has 0 amide bonds. The summed E-state index contributed by atoms with van der Waals surface area (Å²) in [6, 6.07) is 0.688. The van der Waals surface area contributed by atoms with Crippen LogP contribution in [-0.2, 0) is 0 Å². The SMILES string of the molecule is CCNC(c1c(Cl)cnn1C(C)C)C1CCCCCCC1. The van der Waals surface area contributed by atoms with Crippen LogP contribution in [0.3, 0.4) is 0 Å². The van der Waals surface area contributed by atoms with Gasteiger partial charge in [0.25, 0.3) is 0 Å². The molecule has 1 fully saturated rings. The molecule has 0 aliphatic heterocycles. The predicted octanol–water partition coefficient (Wildman–Crippen LogP) is 5.13. The molecule has 1 aromatic rings. The Balaban J connectivity index is 2.26. The lowest BCUT2D eigenvalue weighted by Crippen LogP contribution is -2.31. The van der Waals surface area contributed by atoms with Gasteiger partial charge >= 0.3 is 0 Å². The van der Waals surface area contributed by atoms with E-state index in [1.54, 1.807) is 0 Å². The molecule has 2 rings (SSSR count). The van der Waals surface area contributed by atoms with Gasteiger partial charge in [0.2, 0.25) is 0 Å². The van der Waals surface area contributed by atoms with Crippen LogP contribution in [0.5, 0.6) is 0 Å². The number of rotatable bonds is 5. The van der Waals surface area contributed by atoms with E-state index in [-0.39, 0.29) is 0 Å². The van der Waals surface area contributed by atoms with Gasteiger partial charge in [-0.3, -0.25) is 4.68 Å². The molecule has 0 saturated heterocycles. The number of halogens is 1. The molecule has 0 radical (unpaired) electrons. The van der Waals surface area contributed by atoms with Crippen LogP contribution in [0.1, 0.15) is 83.5 Å². The summed E-state index contributed by atoms with van der Waals surface area (Å²) in [5, 5.41) is 9.01. The first-order chi connectivity index (χ1) is 10.1. The quantitative estimate of drug-likeness (QED) is 0.817. The molecule has 3 nitrogen and oxygen atoms in total. The average molecular weight is 312 g/mol. The third-order valence-electron chi connectivity index (χ3n) is 4.62. The Kier molecular flexibility index (Phi) is 6.56. The van der Waals surface area contributed by atoms with Gasteiger partial charge in [-0.2, -0.15) is 5.10 Å². The van der Waals surface area contributed by atoms with Crippen LogP contribution < -0.4 is 5.32 Å². The van der Waals surface area contributed by atoms with Gasteiger partial charge in [0.15, 0.2) is 0 Å². The van der Waals surface area contributed by atoms with Crippen LogP contribution in [0, 0.1) is 5.92 Å². The number of nitrogens with zero attached hydrogens (tertiary/aromatic N) is 2. The Morgan fingerprint density at radius 1 is 1.24 bits per heavy atom. The molecular formula is C17H30ClN3. The topological polar surface area (TPSA) is 29.9 Å². The minimum Gasteiger partial charge on any atom is -0.309 e. The highest BCUT2D eigenvalue weighted by Gasteiger charge is 2.28. The molecular weight excluding hydrogens is 282 g/mol. The van der Waals surface area contributed by atoms with Crippen molar-refractivity contribution >= 4 is 11.6 Å². The standard InChI is InChI=1S/C17H30ClN3/c1-4-19-16(14-10-8-6-5-7-9-11-14)17-15(18)12-20-21(17)13(2)3/h12-14,16,19H,4-11H2,1-3H3. The zero-order valence-corrected chi connectivity index (χ0v) is 14.5. The summed E-state index contributed by atoms with van der Waals surface area (Å²) < 4.78 is 2.11. The van der Waals surface area contributed by atoms with Crippen molar-refractivity contribution in [3.8, 4) is 0 Å². The smallest absolute Gasteiger partial charge is 0.0834 e. The van der Waals surface area contributed by atoms with E-state index in [4.69, 9.17) is 11.6 Å². The lowest BCUT2D eigenvalue weighted by Gasteiger charge is -2.31. The van der Waals surface area contributed by atoms with Crippen molar-refractivity contribution in [1.82, 2.24) is 15.1 Å². The highest BCUT2D eigenvalue weighted by Crippen LogP contribution is 2.36. The van der Waals surface area contributed by atoms with Gasteiger partial charge < -0.3 is 5.32 Å². The molecule has 4 heteroatoms. The summed E-state index contributed by atoms with van der Waals surface area (Å²) >= 11 is 6.49. The summed E-state index contributed by atoms with van der Waals surface area (Å²) in [7, 11) is 0. The van der Waals surface area contributed by atoms with Gasteiger partial charge in [-0.25, -0.2) is 0 Å². The van der Waals surface area contributed by atoms with E-state index < -0.39 is 0 Å². The molecule has 1 aliphatic rings. The van der Waals surface area contributed by atoms with E-state index in [1.807, 2.05) is 6.20 Å². The van der Waals surface area contributed by atoms with Crippen molar-refractivity contribution in [3.63, 3.8) is 0 Å². The van der Waals surface area contributed by atoms with Crippen LogP contribution in [0.15, 0.2) is 6.20 Å². The van der Waals surface area contributed by atoms with Gasteiger partial charge in [0.1, 0.15) is 0 Å². The van der Waals surface area contributed by atoms with Crippen LogP contribution in [-0.4, -0.2) is 16.3 Å². The summed E-state index contributed by atoms with van der Waals surface area (Å²) in [5.74, 6) is 0.678. The van der Waals surface area contributed by atoms with Gasteiger partial charge in [-0.1, -0.05) is 50.6 Å². The Morgan fingerprint density at radius 3 is 2.43 bits per heavy atom. The summed E-state index contributed by atoms with van der Waals surface area (Å²) in [5.41, 5.74) is 1.19. The molecule has 0 spiro atoms. The van der Waals surface area contributed by atoms with E-state index in [0.29, 0.717) is 18.0 Å². The zero-order valence-electron chi connectivity index (χ0n) is 13.7. The maximum Gasteiger partial charge on any atom is 0.0834 e. The fraction of sp³-hybridized carbons (Fsp3) is 0.824. The fourth-order valence-corrected chi connectivity index (χ4v) is 3.83. The Morgan fingerprint density at radius 2 is 1.86 bits per heavy atom. The van der Waals surface area contributed by atoms with Crippen molar-refractivity contribution in [3.05, 3.63) is 16.9 Å². The number of nitrogens with one attached hydrogen (secondary N) is 1. The minimum atomic E-state index is 0.338. The fourth-order valence-electron chi connectivity index (χ4n) is 3.58. The van der Waals surface area contributed by atoms with E-state index >= 15 is 0 Å². The molecule has 1 heterocycles. The van der Waals surface area contributed by atoms with Crippen LogP contribution in [0.25, 0.3) is 0 Å². The van der Waals surface area contributed by atoms with Gasteiger partial charge in [0, 0.05) is 6.04 Å². The first-order valence-electron chi connectivity index (χ1n) is 8.61. The molecule has 1 N–H and O–H groups in total. The summed E-state index contributed by atoms with van der Waals surface area (Å²) in [6.07, 6.45) is 11.3. The van der Waals surface area contributed by atoms with Gasteiger partial charge in [0.05, 0.1) is 23.0 Å². The third kappa shape index (κ3) is 4.23. The molecule has 0 aromatic carbocycles. The van der Waals surface area contributed by atoms with E-state index in [0.717, 1.165) is 11.6 Å². The van der Waals surface area contributed by atoms with Gasteiger partial charge in [-0.15, -0.1) is 0 Å². The lowest BCUT2D eigenvalue weighted by atomic mass is 9.84. The second-order valence-electron chi connectivity index (χ2n) is 6.56. The molecule has 1 aliphatic carbocycles. The molecule has 1 aromatic heterocycles. The van der Waals surface area contributed by atoms with Crippen molar-refractivity contribution < 1.29 is 0 Å². The first kappa shape index (κ1) is 16.8. The van der Waals surface area contributed by atoms with E-state index in [2.05, 4.69) is 35.9 Å². The van der Waals surface area contributed by atoms with E-state index in [9.17, 15) is 0 Å². The summed E-state index contributed by atoms with van der Waals surface area (Å²) in [6.45, 7) is 7.50. The molecule has 1 saturated carbocycles. The normalized spacial score (nSPS) is 19.5. The van der Waals surface area contributed by atoms with Crippen LogP contribution in [0.4, 0.5) is 0 Å². The number of aromatic nitrogens is 2. The van der Waals surface area contributed by atoms with Crippen molar-refractivity contribution in [2.24, 2.45) is 5.92 Å². The Labute approximate surface area is 134 Å². The molecule has 1 unspecified atom stereocenters. The molecule has 21 heavy (non-hydrogen) atoms. The van der Waals surface area contributed by atoms with Crippen molar-refractivity contribution in [1.29, 1.82) is 0 Å². The first-order valence-corrected chi connectivity index (χ1v) is 8.99. The second kappa shape index (κ2) is 8.19. The van der Waals surface area contributed by atoms with Crippen molar-refractivity contribution in [2.45, 2.75) is 77.8 Å².